The van der Waals surface area contributed by atoms with Crippen molar-refractivity contribution in [1.82, 2.24) is 5.32 Å². The summed E-state index contributed by atoms with van der Waals surface area (Å²) in [6, 6.07) is 6.97. The molecule has 3 rings (SSSR count). The first-order valence-electron chi connectivity index (χ1n) is 8.65. The number of amides is 3. The van der Waals surface area contributed by atoms with Crippen LogP contribution in [0.3, 0.4) is 0 Å². The van der Waals surface area contributed by atoms with E-state index in [0.717, 1.165) is 30.0 Å². The van der Waals surface area contributed by atoms with Gasteiger partial charge in [0.05, 0.1) is 5.60 Å². The van der Waals surface area contributed by atoms with Crippen molar-refractivity contribution in [3.63, 3.8) is 0 Å². The summed E-state index contributed by atoms with van der Waals surface area (Å²) in [5.41, 5.74) is 0.823. The van der Waals surface area contributed by atoms with Crippen molar-refractivity contribution in [2.75, 3.05) is 41.9 Å². The lowest BCUT2D eigenvalue weighted by atomic mass is 10.0. The summed E-state index contributed by atoms with van der Waals surface area (Å²) in [4.78, 5) is 37.8. The van der Waals surface area contributed by atoms with Crippen molar-refractivity contribution in [3.05, 3.63) is 24.3 Å². The molecule has 3 amide bonds. The largest absolute Gasteiger partial charge is 0.376 e. The molecule has 0 aliphatic carbocycles. The SMILES string of the molecule is COC1(CNC(=O)C(=O)Nc2cccc(N3CCCC3=O)c2)CCSC1. The molecule has 2 saturated heterocycles. The summed E-state index contributed by atoms with van der Waals surface area (Å²) in [5, 5.41) is 5.25. The number of carbonyl (C=O) groups is 3. The van der Waals surface area contributed by atoms with Crippen molar-refractivity contribution in [3.8, 4) is 0 Å². The summed E-state index contributed by atoms with van der Waals surface area (Å²) in [7, 11) is 1.63. The molecule has 1 unspecified atom stereocenters. The smallest absolute Gasteiger partial charge is 0.313 e. The molecule has 2 fully saturated rings. The van der Waals surface area contributed by atoms with Gasteiger partial charge in [-0.05, 0) is 36.8 Å². The minimum Gasteiger partial charge on any atom is -0.376 e. The Balaban J connectivity index is 1.57. The monoisotopic (exact) mass is 377 g/mol. The lowest BCUT2D eigenvalue weighted by molar-refractivity contribution is -0.136. The predicted octanol–water partition coefficient (Wildman–Crippen LogP) is 1.39. The van der Waals surface area contributed by atoms with Crippen LogP contribution in [0.2, 0.25) is 0 Å². The van der Waals surface area contributed by atoms with E-state index < -0.39 is 17.4 Å². The van der Waals surface area contributed by atoms with Crippen LogP contribution in [-0.4, -0.2) is 55.0 Å². The van der Waals surface area contributed by atoms with Crippen LogP contribution >= 0.6 is 11.8 Å². The Bertz CT molecular complexity index is 703. The summed E-state index contributed by atoms with van der Waals surface area (Å²) < 4.78 is 5.53. The van der Waals surface area contributed by atoms with Crippen molar-refractivity contribution < 1.29 is 19.1 Å². The summed E-state index contributed by atoms with van der Waals surface area (Å²) in [6.45, 7) is 0.985. The highest BCUT2D eigenvalue weighted by molar-refractivity contribution is 7.99. The minimum atomic E-state index is -0.730. The molecule has 0 saturated carbocycles. The fraction of sp³-hybridized carbons (Fsp3) is 0.500. The molecular formula is C18H23N3O4S. The van der Waals surface area contributed by atoms with Gasteiger partial charge < -0.3 is 20.3 Å². The van der Waals surface area contributed by atoms with Gasteiger partial charge in [0.2, 0.25) is 5.91 Å². The van der Waals surface area contributed by atoms with Crippen molar-refractivity contribution in [2.24, 2.45) is 0 Å². The van der Waals surface area contributed by atoms with Crippen molar-refractivity contribution in [2.45, 2.75) is 24.9 Å². The van der Waals surface area contributed by atoms with Gasteiger partial charge in [0.25, 0.3) is 0 Å². The van der Waals surface area contributed by atoms with E-state index in [-0.39, 0.29) is 5.91 Å². The first-order chi connectivity index (χ1) is 12.5. The molecule has 8 heteroatoms. The van der Waals surface area contributed by atoms with Crippen molar-refractivity contribution in [1.29, 1.82) is 0 Å². The summed E-state index contributed by atoms with van der Waals surface area (Å²) >= 11 is 1.77. The fourth-order valence-corrected chi connectivity index (χ4v) is 4.54. The first-order valence-corrected chi connectivity index (χ1v) is 9.81. The lowest BCUT2D eigenvalue weighted by Gasteiger charge is -2.26. The van der Waals surface area contributed by atoms with Crippen LogP contribution in [0.4, 0.5) is 11.4 Å². The highest BCUT2D eigenvalue weighted by Crippen LogP contribution is 2.30. The molecule has 0 radical (unpaired) electrons. The van der Waals surface area contributed by atoms with Crippen LogP contribution < -0.4 is 15.5 Å². The van der Waals surface area contributed by atoms with Crippen LogP contribution in [-0.2, 0) is 19.1 Å². The van der Waals surface area contributed by atoms with Crippen LogP contribution in [0.5, 0.6) is 0 Å². The molecule has 1 aromatic rings. The van der Waals surface area contributed by atoms with E-state index in [9.17, 15) is 14.4 Å². The van der Waals surface area contributed by atoms with Crippen LogP contribution in [0.25, 0.3) is 0 Å². The third-order valence-corrected chi connectivity index (χ3v) is 5.99. The molecule has 0 bridgehead atoms. The van der Waals surface area contributed by atoms with Gasteiger partial charge in [0.1, 0.15) is 0 Å². The molecule has 2 N–H and O–H groups in total. The molecule has 0 aromatic heterocycles. The molecule has 1 atom stereocenters. The number of nitrogens with one attached hydrogen (secondary N) is 2. The summed E-state index contributed by atoms with van der Waals surface area (Å²) in [5.74, 6) is 0.438. The second kappa shape index (κ2) is 8.09. The number of rotatable bonds is 5. The average Bonchev–Trinajstić information content (AvgIpc) is 3.29. The second-order valence-electron chi connectivity index (χ2n) is 6.53. The number of benzene rings is 1. The van der Waals surface area contributed by atoms with Gasteiger partial charge in [-0.3, -0.25) is 14.4 Å². The molecular weight excluding hydrogens is 354 g/mol. The highest BCUT2D eigenvalue weighted by Gasteiger charge is 2.35. The number of ether oxygens (including phenoxy) is 1. The molecule has 140 valence electrons. The third kappa shape index (κ3) is 4.19. The maximum Gasteiger partial charge on any atom is 0.313 e. The number of thioether (sulfide) groups is 1. The Morgan fingerprint density at radius 2 is 2.19 bits per heavy atom. The van der Waals surface area contributed by atoms with Gasteiger partial charge in [0, 0.05) is 43.7 Å². The number of hydrogen-bond acceptors (Lipinski definition) is 5. The minimum absolute atomic E-state index is 0.0746. The third-order valence-electron chi connectivity index (χ3n) is 4.77. The van der Waals surface area contributed by atoms with Gasteiger partial charge in [-0.2, -0.15) is 11.8 Å². The van der Waals surface area contributed by atoms with Gasteiger partial charge in [0.15, 0.2) is 0 Å². The Labute approximate surface area is 156 Å². The normalized spacial score (nSPS) is 22.5. The standard InChI is InChI=1S/C18H23N3O4S/c1-25-18(7-9-26-12-18)11-19-16(23)17(24)20-13-4-2-5-14(10-13)21-8-3-6-15(21)22/h2,4-5,10H,3,6-9,11-12H2,1H3,(H,19,23)(H,20,24). The van der Waals surface area contributed by atoms with E-state index in [1.54, 1.807) is 42.0 Å². The number of carbonyl (C=O) groups excluding carboxylic acids is 3. The number of hydrogen-bond donors (Lipinski definition) is 2. The molecule has 2 heterocycles. The van der Waals surface area contributed by atoms with Crippen LogP contribution in [0, 0.1) is 0 Å². The van der Waals surface area contributed by atoms with E-state index in [0.29, 0.717) is 25.2 Å². The first kappa shape index (κ1) is 18.7. The molecule has 7 nitrogen and oxygen atoms in total. The Morgan fingerprint density at radius 3 is 2.85 bits per heavy atom. The second-order valence-corrected chi connectivity index (χ2v) is 7.63. The number of nitrogens with zero attached hydrogens (tertiary/aromatic N) is 1. The van der Waals surface area contributed by atoms with E-state index >= 15 is 0 Å². The van der Waals surface area contributed by atoms with Crippen molar-refractivity contribution >= 4 is 40.9 Å². The van der Waals surface area contributed by atoms with Gasteiger partial charge in [-0.15, -0.1) is 0 Å². The Morgan fingerprint density at radius 1 is 1.35 bits per heavy atom. The zero-order valence-electron chi connectivity index (χ0n) is 14.7. The Kier molecular flexibility index (Phi) is 5.83. The average molecular weight is 377 g/mol. The van der Waals surface area contributed by atoms with E-state index in [1.807, 2.05) is 6.07 Å². The fourth-order valence-electron chi connectivity index (χ4n) is 3.14. The number of methoxy groups -OCH3 is 1. The van der Waals surface area contributed by atoms with E-state index in [4.69, 9.17) is 4.74 Å². The zero-order valence-corrected chi connectivity index (χ0v) is 15.6. The topological polar surface area (TPSA) is 87.7 Å². The lowest BCUT2D eigenvalue weighted by Crippen LogP contribution is -2.47. The molecule has 2 aliphatic heterocycles. The number of anilines is 2. The van der Waals surface area contributed by atoms with Crippen LogP contribution in [0.15, 0.2) is 24.3 Å². The van der Waals surface area contributed by atoms with Gasteiger partial charge in [-0.25, -0.2) is 0 Å². The van der Waals surface area contributed by atoms with Gasteiger partial charge >= 0.3 is 11.8 Å². The zero-order chi connectivity index (χ0) is 18.6. The molecule has 26 heavy (non-hydrogen) atoms. The maximum atomic E-state index is 12.2. The molecule has 0 spiro atoms. The quantitative estimate of drug-likeness (QED) is 0.757. The maximum absolute atomic E-state index is 12.2. The van der Waals surface area contributed by atoms with Crippen LogP contribution in [0.1, 0.15) is 19.3 Å². The molecule has 2 aliphatic rings. The summed E-state index contributed by atoms with van der Waals surface area (Å²) in [6.07, 6.45) is 2.22. The van der Waals surface area contributed by atoms with E-state index in [1.165, 1.54) is 0 Å². The van der Waals surface area contributed by atoms with Gasteiger partial charge in [-0.1, -0.05) is 6.07 Å². The predicted molar refractivity (Wildman–Crippen MR) is 101 cm³/mol. The highest BCUT2D eigenvalue weighted by atomic mass is 32.2. The molecule has 1 aromatic carbocycles. The van der Waals surface area contributed by atoms with E-state index in [2.05, 4.69) is 10.6 Å². The Hall–Kier alpha value is -2.06.